The Bertz CT molecular complexity index is 1940. The molecule has 0 aliphatic heterocycles. The average molecular weight is 718 g/mol. The summed E-state index contributed by atoms with van der Waals surface area (Å²) < 4.78 is 15.1. The Morgan fingerprint density at radius 2 is 1.22 bits per heavy atom. The van der Waals surface area contributed by atoms with Crippen molar-refractivity contribution in [2.24, 2.45) is 11.5 Å². The summed E-state index contributed by atoms with van der Waals surface area (Å²) in [6.45, 7) is 9.28. The fraction of sp³-hybridized carbons (Fsp3) is 0.312. The minimum atomic E-state index is -0.196. The molecule has 8 nitrogen and oxygen atoms in total. The zero-order chi connectivity index (χ0) is 33.0. The standard InChI is InChI=1S/C17H19ClN4S.C15H16ClFN4S2/c1-10(19)8-13-11(2)14-15(23-13)16(22-17(18)21-14)20-9-12-6-4-3-5-7-12;1-7(18)5-10-8(2)12-13(23-10)14(21-15(16)20-12)19-6-9-3-4-11(17)22-9/h3-7,10H,8-9,19H2,1-2H3,(H,20,21,22);3-4,7H,5-6,18H2,1-2H3,(H,19,20,21)/t10-;7-/m00/s1. The number of nitrogens with zero attached hydrogens (tertiary/aromatic N) is 4. The number of anilines is 2. The van der Waals surface area contributed by atoms with Crippen molar-refractivity contribution in [2.75, 3.05) is 10.6 Å². The molecule has 5 heterocycles. The van der Waals surface area contributed by atoms with Gasteiger partial charge in [0.05, 0.1) is 27.0 Å². The molecule has 242 valence electrons. The first-order chi connectivity index (χ1) is 22.0. The highest BCUT2D eigenvalue weighted by Crippen LogP contribution is 2.37. The molecule has 0 amide bonds. The molecule has 0 unspecified atom stereocenters. The van der Waals surface area contributed by atoms with Crippen molar-refractivity contribution >= 4 is 89.3 Å². The zero-order valence-electron chi connectivity index (χ0n) is 25.8. The van der Waals surface area contributed by atoms with Crippen LogP contribution in [0.3, 0.4) is 0 Å². The second-order valence-electron chi connectivity index (χ2n) is 11.1. The van der Waals surface area contributed by atoms with Crippen LogP contribution >= 0.6 is 57.2 Å². The number of hydrogen-bond acceptors (Lipinski definition) is 11. The number of aryl methyl sites for hydroxylation is 2. The first-order valence-electron chi connectivity index (χ1n) is 14.7. The van der Waals surface area contributed by atoms with E-state index < -0.39 is 0 Å². The van der Waals surface area contributed by atoms with Crippen molar-refractivity contribution in [1.29, 1.82) is 0 Å². The topological polar surface area (TPSA) is 128 Å². The highest BCUT2D eigenvalue weighted by atomic mass is 35.5. The van der Waals surface area contributed by atoms with Crippen LogP contribution in [0, 0.1) is 19.0 Å². The van der Waals surface area contributed by atoms with Gasteiger partial charge < -0.3 is 22.1 Å². The second-order valence-corrected chi connectivity index (χ2v) is 15.1. The summed E-state index contributed by atoms with van der Waals surface area (Å²) in [6.07, 6.45) is 1.63. The molecule has 0 fully saturated rings. The van der Waals surface area contributed by atoms with E-state index in [0.29, 0.717) is 18.9 Å². The van der Waals surface area contributed by atoms with E-state index in [1.54, 1.807) is 28.7 Å². The number of benzene rings is 1. The monoisotopic (exact) mass is 716 g/mol. The maximum Gasteiger partial charge on any atom is 0.224 e. The SMILES string of the molecule is Cc1c(C[C@H](C)N)sc2c(NCc3ccc(F)s3)nc(Cl)nc12.Cc1c(C[C@H](C)N)sc2c(NCc3ccccc3)nc(Cl)nc12. The third kappa shape index (κ3) is 8.48. The largest absolute Gasteiger partial charge is 0.365 e. The van der Waals surface area contributed by atoms with Crippen LogP contribution < -0.4 is 22.1 Å². The first kappa shape index (κ1) is 34.4. The van der Waals surface area contributed by atoms with Crippen LogP contribution in [0.4, 0.5) is 16.0 Å². The smallest absolute Gasteiger partial charge is 0.224 e. The van der Waals surface area contributed by atoms with Gasteiger partial charge >= 0.3 is 0 Å². The van der Waals surface area contributed by atoms with Crippen LogP contribution in [0.2, 0.25) is 10.6 Å². The number of thiophene rings is 3. The van der Waals surface area contributed by atoms with Gasteiger partial charge in [0.1, 0.15) is 11.6 Å². The van der Waals surface area contributed by atoms with Crippen LogP contribution in [0.5, 0.6) is 0 Å². The number of nitrogens with two attached hydrogens (primary N) is 2. The number of halogens is 3. The van der Waals surface area contributed by atoms with Crippen molar-refractivity contribution in [3.05, 3.63) is 89.5 Å². The molecule has 6 N–H and O–H groups in total. The molecule has 1 aromatic carbocycles. The second kappa shape index (κ2) is 15.3. The molecule has 0 bridgehead atoms. The maximum absolute atomic E-state index is 13.1. The van der Waals surface area contributed by atoms with E-state index in [4.69, 9.17) is 34.7 Å². The van der Waals surface area contributed by atoms with Crippen LogP contribution in [-0.2, 0) is 25.9 Å². The minimum Gasteiger partial charge on any atom is -0.365 e. The van der Waals surface area contributed by atoms with Gasteiger partial charge in [-0.3, -0.25) is 0 Å². The van der Waals surface area contributed by atoms with Crippen molar-refractivity contribution < 1.29 is 4.39 Å². The quantitative estimate of drug-likeness (QED) is 0.104. The van der Waals surface area contributed by atoms with E-state index >= 15 is 0 Å². The Hall–Kier alpha value is -2.97. The number of rotatable bonds is 10. The predicted molar refractivity (Wildman–Crippen MR) is 194 cm³/mol. The number of aromatic nitrogens is 4. The summed E-state index contributed by atoms with van der Waals surface area (Å²) in [6, 6.07) is 13.6. The maximum atomic E-state index is 13.1. The van der Waals surface area contributed by atoms with Gasteiger partial charge in [0.2, 0.25) is 10.6 Å². The number of hydrogen-bond donors (Lipinski definition) is 4. The molecular formula is C32H35Cl2FN8S3. The molecule has 0 aliphatic rings. The number of nitrogens with one attached hydrogen (secondary N) is 2. The summed E-state index contributed by atoms with van der Waals surface area (Å²) in [5.41, 5.74) is 17.1. The summed E-state index contributed by atoms with van der Waals surface area (Å²) >= 11 is 16.6. The van der Waals surface area contributed by atoms with E-state index in [0.717, 1.165) is 66.4 Å². The molecule has 2 atom stereocenters. The summed E-state index contributed by atoms with van der Waals surface area (Å²) in [5, 5.41) is 6.89. The van der Waals surface area contributed by atoms with Crippen molar-refractivity contribution in [1.82, 2.24) is 19.9 Å². The van der Waals surface area contributed by atoms with E-state index in [1.807, 2.05) is 39.0 Å². The van der Waals surface area contributed by atoms with Crippen molar-refractivity contribution in [3.63, 3.8) is 0 Å². The fourth-order valence-electron chi connectivity index (χ4n) is 4.82. The normalized spacial score (nSPS) is 12.6. The van der Waals surface area contributed by atoms with E-state index in [-0.39, 0.29) is 27.8 Å². The lowest BCUT2D eigenvalue weighted by Gasteiger charge is -2.07. The Balaban J connectivity index is 0.000000181. The lowest BCUT2D eigenvalue weighted by molar-refractivity contribution is 0.657. The van der Waals surface area contributed by atoms with Crippen LogP contribution in [0.25, 0.3) is 20.4 Å². The van der Waals surface area contributed by atoms with Gasteiger partial charge in [0, 0.05) is 33.3 Å². The first-order valence-corrected chi connectivity index (χ1v) is 17.9. The molecule has 6 aromatic rings. The third-order valence-electron chi connectivity index (χ3n) is 7.05. The van der Waals surface area contributed by atoms with E-state index in [2.05, 4.69) is 49.6 Å². The molecule has 0 spiro atoms. The van der Waals surface area contributed by atoms with Crippen LogP contribution in [0.15, 0.2) is 42.5 Å². The Morgan fingerprint density at radius 3 is 1.67 bits per heavy atom. The fourth-order valence-corrected chi connectivity index (χ4v) is 8.53. The summed E-state index contributed by atoms with van der Waals surface area (Å²) in [4.78, 5) is 20.7. The van der Waals surface area contributed by atoms with Gasteiger partial charge in [0.15, 0.2) is 5.13 Å². The Labute approximate surface area is 289 Å². The molecule has 5 aromatic heterocycles. The highest BCUT2D eigenvalue weighted by molar-refractivity contribution is 7.20. The Morgan fingerprint density at radius 1 is 0.717 bits per heavy atom. The minimum absolute atomic E-state index is 0.0793. The van der Waals surface area contributed by atoms with Gasteiger partial charge in [0.25, 0.3) is 0 Å². The van der Waals surface area contributed by atoms with Crippen molar-refractivity contribution in [2.45, 2.75) is 65.7 Å². The molecule has 0 radical (unpaired) electrons. The molecule has 46 heavy (non-hydrogen) atoms. The molecule has 0 saturated heterocycles. The lowest BCUT2D eigenvalue weighted by Crippen LogP contribution is -2.17. The summed E-state index contributed by atoms with van der Waals surface area (Å²) in [7, 11) is 0. The lowest BCUT2D eigenvalue weighted by atomic mass is 10.1. The Kier molecular flexibility index (Phi) is 11.4. The average Bonchev–Trinajstić information content (AvgIpc) is 3.66. The zero-order valence-corrected chi connectivity index (χ0v) is 29.8. The van der Waals surface area contributed by atoms with E-state index in [9.17, 15) is 4.39 Å². The summed E-state index contributed by atoms with van der Waals surface area (Å²) in [5.74, 6) is 1.46. The molecule has 14 heteroatoms. The van der Waals surface area contributed by atoms with Crippen molar-refractivity contribution in [3.8, 4) is 0 Å². The third-order valence-corrected chi connectivity index (χ3v) is 10.9. The molecular weight excluding hydrogens is 683 g/mol. The van der Waals surface area contributed by atoms with Crippen LogP contribution in [0.1, 0.15) is 45.2 Å². The van der Waals surface area contributed by atoms with Gasteiger partial charge in [-0.25, -0.2) is 9.97 Å². The van der Waals surface area contributed by atoms with Gasteiger partial charge in [-0.15, -0.1) is 34.0 Å². The molecule has 0 saturated carbocycles. The van der Waals surface area contributed by atoms with Gasteiger partial charge in [-0.05, 0) is 92.6 Å². The molecule has 0 aliphatic carbocycles. The predicted octanol–water partition coefficient (Wildman–Crippen LogP) is 8.51. The highest BCUT2D eigenvalue weighted by Gasteiger charge is 2.18. The number of fused-ring (bicyclic) bond motifs is 2. The van der Waals surface area contributed by atoms with Gasteiger partial charge in [-0.2, -0.15) is 14.4 Å². The van der Waals surface area contributed by atoms with Crippen LogP contribution in [-0.4, -0.2) is 32.0 Å². The molecule has 6 rings (SSSR count). The van der Waals surface area contributed by atoms with Gasteiger partial charge in [-0.1, -0.05) is 30.3 Å². The van der Waals surface area contributed by atoms with E-state index in [1.165, 1.54) is 21.4 Å².